The van der Waals surface area contributed by atoms with Gasteiger partial charge in [0, 0.05) is 5.69 Å². The van der Waals surface area contributed by atoms with Crippen molar-refractivity contribution in [1.29, 1.82) is 0 Å². The van der Waals surface area contributed by atoms with Crippen molar-refractivity contribution in [2.75, 3.05) is 11.5 Å². The van der Waals surface area contributed by atoms with Crippen LogP contribution in [0.1, 0.15) is 0 Å². The van der Waals surface area contributed by atoms with E-state index in [-0.39, 0.29) is 5.75 Å². The smallest absolute Gasteiger partial charge is 0.206 e. The molecule has 0 unspecified atom stereocenters. The van der Waals surface area contributed by atoms with Crippen molar-refractivity contribution in [2.24, 2.45) is 0 Å². The summed E-state index contributed by atoms with van der Waals surface area (Å²) in [4.78, 5) is 4.25. The summed E-state index contributed by atoms with van der Waals surface area (Å²) in [6.45, 7) is 0. The molecule has 0 spiro atoms. The van der Waals surface area contributed by atoms with Crippen LogP contribution in [0.2, 0.25) is 0 Å². The topological polar surface area (TPSA) is 90.1 Å². The largest absolute Gasteiger partial charge is 0.506 e. The number of hydrogen-bond acceptors (Lipinski definition) is 4. The predicted octanol–water partition coefficient (Wildman–Crippen LogP) is 1.90. The monoisotopic (exact) mass is 240 g/mol. The SMILES string of the molecule is Nc1ccc(O)c(-n2c(N)nc3ccccc32)c1. The number of para-hydroxylation sites is 2. The third-order valence-corrected chi connectivity index (χ3v) is 2.83. The lowest BCUT2D eigenvalue weighted by molar-refractivity contribution is 0.473. The fourth-order valence-electron chi connectivity index (χ4n) is 2.02. The van der Waals surface area contributed by atoms with Gasteiger partial charge in [0.2, 0.25) is 5.95 Å². The number of anilines is 2. The Hall–Kier alpha value is -2.69. The van der Waals surface area contributed by atoms with Crippen molar-refractivity contribution in [3.05, 3.63) is 42.5 Å². The molecule has 1 aromatic heterocycles. The molecule has 3 aromatic rings. The number of benzene rings is 2. The maximum absolute atomic E-state index is 9.93. The minimum absolute atomic E-state index is 0.110. The van der Waals surface area contributed by atoms with E-state index in [1.165, 1.54) is 0 Å². The first-order valence-electron chi connectivity index (χ1n) is 5.48. The Labute approximate surface area is 103 Å². The van der Waals surface area contributed by atoms with Gasteiger partial charge < -0.3 is 16.6 Å². The fraction of sp³-hybridized carbons (Fsp3) is 0. The van der Waals surface area contributed by atoms with E-state index >= 15 is 0 Å². The zero-order valence-electron chi connectivity index (χ0n) is 9.54. The average molecular weight is 240 g/mol. The maximum atomic E-state index is 9.93. The first kappa shape index (κ1) is 10.5. The van der Waals surface area contributed by atoms with Gasteiger partial charge in [0.05, 0.1) is 16.7 Å². The molecule has 5 nitrogen and oxygen atoms in total. The molecule has 2 aromatic carbocycles. The molecule has 18 heavy (non-hydrogen) atoms. The summed E-state index contributed by atoms with van der Waals surface area (Å²) in [6.07, 6.45) is 0. The van der Waals surface area contributed by atoms with Crippen LogP contribution in [0.15, 0.2) is 42.5 Å². The first-order valence-corrected chi connectivity index (χ1v) is 5.48. The zero-order chi connectivity index (χ0) is 12.7. The molecule has 0 aliphatic carbocycles. The summed E-state index contributed by atoms with van der Waals surface area (Å²) in [5.41, 5.74) is 14.3. The van der Waals surface area contributed by atoms with E-state index < -0.39 is 0 Å². The summed E-state index contributed by atoms with van der Waals surface area (Å²) in [6, 6.07) is 12.4. The maximum Gasteiger partial charge on any atom is 0.206 e. The van der Waals surface area contributed by atoms with E-state index in [0.717, 1.165) is 11.0 Å². The zero-order valence-corrected chi connectivity index (χ0v) is 9.54. The van der Waals surface area contributed by atoms with Gasteiger partial charge >= 0.3 is 0 Å². The van der Waals surface area contributed by atoms with Crippen molar-refractivity contribution in [3.8, 4) is 11.4 Å². The molecule has 0 aliphatic heterocycles. The number of imidazole rings is 1. The Bertz CT molecular complexity index is 733. The molecule has 3 rings (SSSR count). The number of hydrogen-bond donors (Lipinski definition) is 3. The standard InChI is InChI=1S/C13H12N4O/c14-8-5-6-12(18)11(7-8)17-10-4-2-1-3-9(10)16-13(17)15/h1-7,18H,14H2,(H2,15,16). The Morgan fingerprint density at radius 1 is 1.06 bits per heavy atom. The number of phenolic OH excluding ortho intramolecular Hbond substituents is 1. The molecular formula is C13H12N4O. The predicted molar refractivity (Wildman–Crippen MR) is 71.6 cm³/mol. The Morgan fingerprint density at radius 3 is 2.67 bits per heavy atom. The van der Waals surface area contributed by atoms with Gasteiger partial charge in [-0.05, 0) is 30.3 Å². The molecule has 0 bridgehead atoms. The number of fused-ring (bicyclic) bond motifs is 1. The molecule has 0 fully saturated rings. The van der Waals surface area contributed by atoms with Crippen molar-refractivity contribution >= 4 is 22.7 Å². The minimum Gasteiger partial charge on any atom is -0.506 e. The number of aromatic nitrogens is 2. The van der Waals surface area contributed by atoms with Gasteiger partial charge in [-0.25, -0.2) is 4.98 Å². The Morgan fingerprint density at radius 2 is 1.83 bits per heavy atom. The van der Waals surface area contributed by atoms with Gasteiger partial charge in [-0.15, -0.1) is 0 Å². The molecule has 5 N–H and O–H groups in total. The van der Waals surface area contributed by atoms with Crippen LogP contribution in [-0.4, -0.2) is 14.7 Å². The van der Waals surface area contributed by atoms with Crippen molar-refractivity contribution in [3.63, 3.8) is 0 Å². The van der Waals surface area contributed by atoms with Crippen LogP contribution in [0.5, 0.6) is 5.75 Å². The third kappa shape index (κ3) is 1.45. The lowest BCUT2D eigenvalue weighted by Crippen LogP contribution is -2.01. The van der Waals surface area contributed by atoms with E-state index in [1.807, 2.05) is 24.3 Å². The van der Waals surface area contributed by atoms with E-state index in [2.05, 4.69) is 4.98 Å². The fourth-order valence-corrected chi connectivity index (χ4v) is 2.02. The average Bonchev–Trinajstić information content (AvgIpc) is 2.68. The number of aromatic hydroxyl groups is 1. The van der Waals surface area contributed by atoms with Gasteiger partial charge in [-0.2, -0.15) is 0 Å². The van der Waals surface area contributed by atoms with E-state index in [1.54, 1.807) is 22.8 Å². The van der Waals surface area contributed by atoms with E-state index in [4.69, 9.17) is 11.5 Å². The normalized spacial score (nSPS) is 10.9. The van der Waals surface area contributed by atoms with Crippen LogP contribution in [0.4, 0.5) is 11.6 Å². The van der Waals surface area contributed by atoms with Crippen LogP contribution >= 0.6 is 0 Å². The second kappa shape index (κ2) is 3.66. The molecule has 0 saturated carbocycles. The molecule has 0 saturated heterocycles. The van der Waals surface area contributed by atoms with Crippen LogP contribution in [-0.2, 0) is 0 Å². The molecule has 1 heterocycles. The van der Waals surface area contributed by atoms with Crippen molar-refractivity contribution < 1.29 is 5.11 Å². The van der Waals surface area contributed by atoms with Gasteiger partial charge in [0.15, 0.2) is 0 Å². The number of nitrogen functional groups attached to an aromatic ring is 2. The van der Waals surface area contributed by atoms with Crippen molar-refractivity contribution in [1.82, 2.24) is 9.55 Å². The van der Waals surface area contributed by atoms with Gasteiger partial charge in [0.1, 0.15) is 5.75 Å². The molecule has 90 valence electrons. The lowest BCUT2D eigenvalue weighted by Gasteiger charge is -2.09. The van der Waals surface area contributed by atoms with Crippen LogP contribution < -0.4 is 11.5 Å². The number of phenols is 1. The van der Waals surface area contributed by atoms with Crippen LogP contribution in [0.25, 0.3) is 16.7 Å². The second-order valence-corrected chi connectivity index (χ2v) is 4.04. The minimum atomic E-state index is 0.110. The summed E-state index contributed by atoms with van der Waals surface area (Å²) < 4.78 is 1.68. The molecule has 0 atom stereocenters. The highest BCUT2D eigenvalue weighted by molar-refractivity contribution is 5.81. The van der Waals surface area contributed by atoms with Crippen LogP contribution in [0.3, 0.4) is 0 Å². The van der Waals surface area contributed by atoms with Gasteiger partial charge in [0.25, 0.3) is 0 Å². The number of nitrogens with zero attached hydrogens (tertiary/aromatic N) is 2. The van der Waals surface area contributed by atoms with E-state index in [9.17, 15) is 5.11 Å². The third-order valence-electron chi connectivity index (χ3n) is 2.83. The van der Waals surface area contributed by atoms with Gasteiger partial charge in [-0.1, -0.05) is 12.1 Å². The molecule has 0 aliphatic rings. The molecule has 5 heteroatoms. The molecule has 0 radical (unpaired) electrons. The van der Waals surface area contributed by atoms with E-state index in [0.29, 0.717) is 17.3 Å². The van der Waals surface area contributed by atoms with Crippen LogP contribution in [0, 0.1) is 0 Å². The Balaban J connectivity index is 2.37. The Kier molecular flexibility index (Phi) is 2.13. The quantitative estimate of drug-likeness (QED) is 0.447. The summed E-state index contributed by atoms with van der Waals surface area (Å²) in [7, 11) is 0. The number of rotatable bonds is 1. The van der Waals surface area contributed by atoms with Gasteiger partial charge in [-0.3, -0.25) is 4.57 Å². The van der Waals surface area contributed by atoms with Crippen molar-refractivity contribution in [2.45, 2.75) is 0 Å². The lowest BCUT2D eigenvalue weighted by atomic mass is 10.2. The highest BCUT2D eigenvalue weighted by Crippen LogP contribution is 2.30. The number of nitrogens with two attached hydrogens (primary N) is 2. The summed E-state index contributed by atoms with van der Waals surface area (Å²) >= 11 is 0. The summed E-state index contributed by atoms with van der Waals surface area (Å²) in [5.74, 6) is 0.427. The highest BCUT2D eigenvalue weighted by atomic mass is 16.3. The molecular weight excluding hydrogens is 228 g/mol. The first-order chi connectivity index (χ1) is 8.66. The second-order valence-electron chi connectivity index (χ2n) is 4.04. The molecule has 0 amide bonds. The highest BCUT2D eigenvalue weighted by Gasteiger charge is 2.12. The summed E-state index contributed by atoms with van der Waals surface area (Å²) in [5, 5.41) is 9.93.